The van der Waals surface area contributed by atoms with Gasteiger partial charge in [-0.25, -0.2) is 14.2 Å². The van der Waals surface area contributed by atoms with Crippen LogP contribution in [0, 0.1) is 13.8 Å². The SMILES string of the molecule is CC(=O)C(C)(C)Oc1ccccc1.CC(=O)CCCC(C)=O.CC(=O)CSc1ccccc1.CC(=O)OC(C)(C)C(C)=O.CC(=O)c1cnsc1C1CC1.CC(=O)c1nc(C)sc1C.CCOC(=O)c1ccccc1.CSC(C)=O. The third-order valence-electron chi connectivity index (χ3n) is 10.2. The van der Waals surface area contributed by atoms with Gasteiger partial charge in [0, 0.05) is 48.3 Å². The Morgan fingerprint density at radius 3 is 1.46 bits per heavy atom. The highest BCUT2D eigenvalue weighted by molar-refractivity contribution is 8.13. The average molecular weight is 1180 g/mol. The number of rotatable bonds is 17. The Bertz CT molecular complexity index is 2680. The fraction of sp³-hybridized carbons (Fsp3) is 0.443. The Morgan fingerprint density at radius 2 is 1.12 bits per heavy atom. The molecule has 0 atom stereocenters. The molecule has 0 spiro atoms. The number of Topliss-reactive ketones (excluding diaryl/α,β-unsaturated/α-hetero) is 7. The molecule has 6 rings (SSSR count). The van der Waals surface area contributed by atoms with E-state index >= 15 is 0 Å². The van der Waals surface area contributed by atoms with E-state index in [1.165, 1.54) is 61.8 Å². The molecule has 0 N–H and O–H groups in total. The van der Waals surface area contributed by atoms with Crippen molar-refractivity contribution in [3.63, 3.8) is 0 Å². The summed E-state index contributed by atoms with van der Waals surface area (Å²) in [6.45, 7) is 26.3. The van der Waals surface area contributed by atoms with Crippen LogP contribution in [0.2, 0.25) is 0 Å². The molecule has 1 fully saturated rings. The summed E-state index contributed by atoms with van der Waals surface area (Å²) in [6, 6.07) is 28.2. The van der Waals surface area contributed by atoms with Crippen LogP contribution in [-0.4, -0.2) is 96.7 Å². The first-order valence-electron chi connectivity index (χ1n) is 25.6. The normalized spacial score (nSPS) is 10.8. The van der Waals surface area contributed by atoms with Gasteiger partial charge in [-0.1, -0.05) is 66.4 Å². The van der Waals surface area contributed by atoms with Crippen molar-refractivity contribution in [3.05, 3.63) is 129 Å². The number of benzene rings is 3. The Hall–Kier alpha value is -6.28. The van der Waals surface area contributed by atoms with Crippen molar-refractivity contribution in [2.75, 3.05) is 18.6 Å². The Morgan fingerprint density at radius 1 is 0.650 bits per heavy atom. The molecule has 0 radical (unpaired) electrons. The molecule has 2 heterocycles. The number of para-hydroxylation sites is 1. The van der Waals surface area contributed by atoms with Gasteiger partial charge in [0.1, 0.15) is 28.8 Å². The van der Waals surface area contributed by atoms with Crippen LogP contribution >= 0.6 is 46.4 Å². The predicted octanol–water partition coefficient (Wildman–Crippen LogP) is 14.0. The molecule has 15 nitrogen and oxygen atoms in total. The van der Waals surface area contributed by atoms with Crippen LogP contribution in [-0.2, 0) is 43.0 Å². The maximum atomic E-state index is 11.1. The first-order chi connectivity index (χ1) is 37.3. The molecule has 3 aromatic carbocycles. The number of aryl methyl sites for hydroxylation is 2. The van der Waals surface area contributed by atoms with Gasteiger partial charge in [0.15, 0.2) is 39.5 Å². The van der Waals surface area contributed by atoms with Gasteiger partial charge in [0.05, 0.1) is 34.7 Å². The molecule has 19 heteroatoms. The van der Waals surface area contributed by atoms with Crippen molar-refractivity contribution in [2.45, 2.75) is 165 Å². The average Bonchev–Trinajstić information content (AvgIpc) is 3.99. The third-order valence-corrected chi connectivity index (χ3v) is 13.8. The molecule has 2 aromatic heterocycles. The molecule has 0 amide bonds. The maximum Gasteiger partial charge on any atom is 0.338 e. The minimum absolute atomic E-state index is 0.0244. The quantitative estimate of drug-likeness (QED) is 0.0479. The number of hydrogen-bond acceptors (Lipinski definition) is 19. The highest BCUT2D eigenvalue weighted by Crippen LogP contribution is 2.43. The highest BCUT2D eigenvalue weighted by Gasteiger charge is 2.29. The standard InChI is InChI=1S/C11H14O2.C9H10O2.C9H10OS.C8H9NOS.C7H9NOS.C7H12O3.C7H12O2.C3H6OS/c1-9(12)11(2,3)13-10-7-5-4-6-8-10;1-2-11-9(10)8-6-4-3-5-7-8;1-8(10)7-11-9-5-3-2-4-6-9;1-5(10)7-4-9-11-8(7)6-2-3-6;1-4(9)7-5(2)10-6(3)8-7;1-5(8)7(3,4)10-6(2)9;1-6(8)4-3-5-7(2)9;1-3(4)5-2/h4-8H,1-3H3;3-7H,2H2,1H3;2-6H,7H2,1H3;4,6H,2-3H2,1H3;1-3H3;1-4H3;3-5H2,1-2H3;1-2H3. The summed E-state index contributed by atoms with van der Waals surface area (Å²) in [5.74, 6) is 1.90. The fourth-order valence-corrected chi connectivity index (χ4v) is 7.91. The van der Waals surface area contributed by atoms with Crippen LogP contribution < -0.4 is 4.74 Å². The van der Waals surface area contributed by atoms with E-state index in [1.807, 2.05) is 92.7 Å². The Balaban J connectivity index is 0. The van der Waals surface area contributed by atoms with Gasteiger partial charge in [-0.15, -0.1) is 23.1 Å². The van der Waals surface area contributed by atoms with E-state index in [9.17, 15) is 47.9 Å². The van der Waals surface area contributed by atoms with Gasteiger partial charge in [-0.2, -0.15) is 0 Å². The minimum Gasteiger partial charge on any atom is -0.480 e. The molecule has 0 saturated heterocycles. The Kier molecular flexibility index (Phi) is 39.5. The topological polar surface area (TPSA) is 224 Å². The number of ether oxygens (including phenoxy) is 3. The summed E-state index contributed by atoms with van der Waals surface area (Å²) in [7, 11) is 0. The second-order valence-corrected chi connectivity index (χ2v) is 22.9. The number of carbonyl (C=O) groups is 10. The van der Waals surface area contributed by atoms with Crippen molar-refractivity contribution in [1.82, 2.24) is 9.36 Å². The summed E-state index contributed by atoms with van der Waals surface area (Å²) in [6.07, 6.45) is 7.73. The summed E-state index contributed by atoms with van der Waals surface area (Å²) < 4.78 is 19.0. The van der Waals surface area contributed by atoms with E-state index in [0.29, 0.717) is 48.8 Å². The second-order valence-electron chi connectivity index (χ2n) is 18.6. The molecule has 0 aliphatic heterocycles. The van der Waals surface area contributed by atoms with Gasteiger partial charge >= 0.3 is 11.9 Å². The zero-order valence-corrected chi connectivity index (χ0v) is 52.9. The molecule has 1 saturated carbocycles. The van der Waals surface area contributed by atoms with E-state index in [1.54, 1.807) is 124 Å². The van der Waals surface area contributed by atoms with Crippen LogP contribution in [0.3, 0.4) is 0 Å². The van der Waals surface area contributed by atoms with Crippen molar-refractivity contribution < 1.29 is 62.2 Å². The first-order valence-corrected chi connectivity index (χ1v) is 29.4. The lowest BCUT2D eigenvalue weighted by Gasteiger charge is -2.23. The summed E-state index contributed by atoms with van der Waals surface area (Å²) in [5, 5.41) is 1.13. The minimum atomic E-state index is -0.966. The number of carbonyl (C=O) groups excluding carboxylic acids is 10. The summed E-state index contributed by atoms with van der Waals surface area (Å²) in [4.78, 5) is 114. The maximum absolute atomic E-state index is 11.1. The lowest BCUT2D eigenvalue weighted by molar-refractivity contribution is -0.160. The van der Waals surface area contributed by atoms with Gasteiger partial charge in [0.25, 0.3) is 0 Å². The zero-order valence-electron chi connectivity index (χ0n) is 49.6. The van der Waals surface area contributed by atoms with Crippen molar-refractivity contribution >= 4 is 104 Å². The lowest BCUT2D eigenvalue weighted by Crippen LogP contribution is -2.36. The highest BCUT2D eigenvalue weighted by atomic mass is 32.2. The largest absolute Gasteiger partial charge is 0.480 e. The lowest BCUT2D eigenvalue weighted by atomic mass is 10.1. The van der Waals surface area contributed by atoms with Crippen molar-refractivity contribution in [1.29, 1.82) is 0 Å². The van der Waals surface area contributed by atoms with Crippen LogP contribution in [0.25, 0.3) is 0 Å². The zero-order chi connectivity index (χ0) is 61.6. The Labute approximate surface area is 490 Å². The van der Waals surface area contributed by atoms with Crippen LogP contribution in [0.1, 0.15) is 181 Å². The number of nitrogens with zero attached hydrogens (tertiary/aromatic N) is 2. The molecule has 5 aromatic rings. The monoisotopic (exact) mass is 1180 g/mol. The van der Waals surface area contributed by atoms with E-state index < -0.39 is 17.2 Å². The number of esters is 2. The number of ketones is 7. The van der Waals surface area contributed by atoms with Crippen LogP contribution in [0.15, 0.2) is 102 Å². The van der Waals surface area contributed by atoms with Crippen LogP contribution in [0.5, 0.6) is 5.75 Å². The molecular formula is C61H82N2O13S4. The third kappa shape index (κ3) is 38.3. The number of thioether (sulfide) groups is 2. The molecule has 1 aliphatic carbocycles. The smallest absolute Gasteiger partial charge is 0.338 e. The van der Waals surface area contributed by atoms with E-state index in [2.05, 4.69) is 9.36 Å². The van der Waals surface area contributed by atoms with Gasteiger partial charge in [0.2, 0.25) is 0 Å². The van der Waals surface area contributed by atoms with E-state index in [4.69, 9.17) is 14.2 Å². The number of aromatic nitrogens is 2. The number of hydrogen-bond donors (Lipinski definition) is 0. The molecule has 1 aliphatic rings. The van der Waals surface area contributed by atoms with E-state index in [-0.39, 0.29) is 51.6 Å². The first kappa shape index (κ1) is 75.8. The van der Waals surface area contributed by atoms with Crippen molar-refractivity contribution in [3.8, 4) is 5.75 Å². The van der Waals surface area contributed by atoms with Gasteiger partial charge in [-0.3, -0.25) is 33.6 Å². The van der Waals surface area contributed by atoms with E-state index in [0.717, 1.165) is 26.1 Å². The summed E-state index contributed by atoms with van der Waals surface area (Å²) in [5.41, 5.74) is 0.377. The molecule has 0 bridgehead atoms. The number of thiazole rings is 1. The van der Waals surface area contributed by atoms with Crippen molar-refractivity contribution in [2.24, 2.45) is 0 Å². The molecule has 80 heavy (non-hydrogen) atoms. The van der Waals surface area contributed by atoms with Gasteiger partial charge in [-0.05, 0) is 169 Å². The van der Waals surface area contributed by atoms with Crippen LogP contribution in [0.4, 0.5) is 0 Å². The fourth-order valence-electron chi connectivity index (χ4n) is 5.37. The summed E-state index contributed by atoms with van der Waals surface area (Å²) >= 11 is 5.86. The second kappa shape index (κ2) is 41.7. The predicted molar refractivity (Wildman–Crippen MR) is 324 cm³/mol. The molecular weight excluding hydrogens is 1100 g/mol. The molecule has 438 valence electrons. The molecule has 0 unspecified atom stereocenters. The van der Waals surface area contributed by atoms with Gasteiger partial charge < -0.3 is 23.8 Å².